The van der Waals surface area contributed by atoms with Gasteiger partial charge < -0.3 is 4.74 Å². The number of hydrogen-bond acceptors (Lipinski definition) is 3. The first-order valence-electron chi connectivity index (χ1n) is 6.57. The molecule has 2 rings (SSSR count). The maximum atomic E-state index is 11.6. The van der Waals surface area contributed by atoms with Gasteiger partial charge in [0.25, 0.3) is 0 Å². The predicted octanol–water partition coefficient (Wildman–Crippen LogP) is 2.20. The molecule has 2 aliphatic rings. The summed E-state index contributed by atoms with van der Waals surface area (Å²) in [6.07, 6.45) is 7.76. The highest BCUT2D eigenvalue weighted by molar-refractivity contribution is 5.77. The number of carbonyl (C=O) groups excluding carboxylic acids is 1. The zero-order chi connectivity index (χ0) is 11.5. The normalized spacial score (nSPS) is 32.1. The molecule has 16 heavy (non-hydrogen) atoms. The lowest BCUT2D eigenvalue weighted by Crippen LogP contribution is -2.39. The first-order chi connectivity index (χ1) is 7.66. The molecule has 0 N–H and O–H groups in total. The summed E-state index contributed by atoms with van der Waals surface area (Å²) in [5.41, 5.74) is 0. The van der Waals surface area contributed by atoms with Gasteiger partial charge in [-0.05, 0) is 32.7 Å². The van der Waals surface area contributed by atoms with Crippen molar-refractivity contribution in [1.82, 2.24) is 4.90 Å². The van der Waals surface area contributed by atoms with Crippen molar-refractivity contribution in [3.63, 3.8) is 0 Å². The molecule has 0 spiro atoms. The van der Waals surface area contributed by atoms with Gasteiger partial charge in [-0.3, -0.25) is 9.69 Å². The van der Waals surface area contributed by atoms with Crippen LogP contribution in [0.1, 0.15) is 45.4 Å². The number of likely N-dealkylation sites (N-methyl/N-ethyl adjacent to an activating group) is 1. The van der Waals surface area contributed by atoms with E-state index in [1.807, 2.05) is 6.92 Å². The minimum atomic E-state index is -0.0224. The molecule has 0 amide bonds. The molecule has 1 heterocycles. The van der Waals surface area contributed by atoms with Gasteiger partial charge in [-0.2, -0.15) is 0 Å². The number of hydrogen-bond donors (Lipinski definition) is 0. The second-order valence-corrected chi connectivity index (χ2v) is 5.44. The third-order valence-corrected chi connectivity index (χ3v) is 3.95. The van der Waals surface area contributed by atoms with Gasteiger partial charge in [0, 0.05) is 13.0 Å². The van der Waals surface area contributed by atoms with E-state index in [0.29, 0.717) is 0 Å². The Hall–Kier alpha value is -0.570. The third kappa shape index (κ3) is 2.76. The van der Waals surface area contributed by atoms with Crippen molar-refractivity contribution < 1.29 is 9.53 Å². The van der Waals surface area contributed by atoms with E-state index in [1.165, 1.54) is 32.1 Å². The minimum Gasteiger partial charge on any atom is -0.461 e. The molecular formula is C13H23NO2. The van der Waals surface area contributed by atoms with Gasteiger partial charge in [0.2, 0.25) is 0 Å². The van der Waals surface area contributed by atoms with Crippen molar-refractivity contribution in [3.05, 3.63) is 0 Å². The lowest BCUT2D eigenvalue weighted by Gasteiger charge is -2.29. The fourth-order valence-corrected chi connectivity index (χ4v) is 3.00. The molecule has 1 aliphatic heterocycles. The van der Waals surface area contributed by atoms with E-state index in [-0.39, 0.29) is 18.1 Å². The summed E-state index contributed by atoms with van der Waals surface area (Å²) in [4.78, 5) is 13.8. The van der Waals surface area contributed by atoms with Gasteiger partial charge in [0.15, 0.2) is 0 Å². The molecule has 0 aromatic carbocycles. The third-order valence-electron chi connectivity index (χ3n) is 3.95. The second-order valence-electron chi connectivity index (χ2n) is 5.44. The maximum Gasteiger partial charge on any atom is 0.323 e. The van der Waals surface area contributed by atoms with Gasteiger partial charge in [-0.15, -0.1) is 0 Å². The largest absolute Gasteiger partial charge is 0.461 e. The standard InChI is InChI=1S/C13H23NO2/c1-10-8-12(13(15)16-10)14(2)9-11-6-4-3-5-7-11/h10-12H,3-9H2,1-2H3. The highest BCUT2D eigenvalue weighted by Crippen LogP contribution is 2.26. The Morgan fingerprint density at radius 2 is 2.00 bits per heavy atom. The molecule has 0 aromatic heterocycles. The molecule has 2 unspecified atom stereocenters. The van der Waals surface area contributed by atoms with Crippen molar-refractivity contribution in [2.75, 3.05) is 13.6 Å². The molecule has 3 heteroatoms. The van der Waals surface area contributed by atoms with Crippen LogP contribution < -0.4 is 0 Å². The van der Waals surface area contributed by atoms with Crippen LogP contribution in [-0.2, 0) is 9.53 Å². The SMILES string of the molecule is CC1CC(N(C)CC2CCCCC2)C(=O)O1. The van der Waals surface area contributed by atoms with Crippen LogP contribution in [0.3, 0.4) is 0 Å². The molecule has 1 saturated carbocycles. The Balaban J connectivity index is 1.82. The van der Waals surface area contributed by atoms with Crippen LogP contribution >= 0.6 is 0 Å². The molecule has 1 saturated heterocycles. The van der Waals surface area contributed by atoms with Crippen molar-refractivity contribution in [2.24, 2.45) is 5.92 Å². The van der Waals surface area contributed by atoms with E-state index in [2.05, 4.69) is 11.9 Å². The van der Waals surface area contributed by atoms with E-state index < -0.39 is 0 Å². The van der Waals surface area contributed by atoms with Crippen molar-refractivity contribution >= 4 is 5.97 Å². The monoisotopic (exact) mass is 225 g/mol. The van der Waals surface area contributed by atoms with Crippen LogP contribution in [0.2, 0.25) is 0 Å². The first-order valence-corrected chi connectivity index (χ1v) is 6.57. The molecule has 92 valence electrons. The number of rotatable bonds is 3. The summed E-state index contributed by atoms with van der Waals surface area (Å²) < 4.78 is 5.20. The molecule has 2 atom stereocenters. The van der Waals surface area contributed by atoms with E-state index in [4.69, 9.17) is 4.74 Å². The molecule has 3 nitrogen and oxygen atoms in total. The molecule has 1 aliphatic carbocycles. The summed E-state index contributed by atoms with van der Waals surface area (Å²) in [6, 6.07) is 0.0110. The van der Waals surface area contributed by atoms with Crippen LogP contribution in [0.5, 0.6) is 0 Å². The number of esters is 1. The van der Waals surface area contributed by atoms with E-state index in [0.717, 1.165) is 18.9 Å². The average molecular weight is 225 g/mol. The number of cyclic esters (lactones) is 1. The molecule has 0 bridgehead atoms. The van der Waals surface area contributed by atoms with Crippen LogP contribution in [0.25, 0.3) is 0 Å². The Kier molecular flexibility index (Phi) is 3.85. The topological polar surface area (TPSA) is 29.5 Å². The van der Waals surface area contributed by atoms with Crippen LogP contribution in [0.15, 0.2) is 0 Å². The second kappa shape index (κ2) is 5.17. The molecule has 0 radical (unpaired) electrons. The Morgan fingerprint density at radius 3 is 2.56 bits per heavy atom. The van der Waals surface area contributed by atoms with Gasteiger partial charge >= 0.3 is 5.97 Å². The van der Waals surface area contributed by atoms with Gasteiger partial charge in [-0.1, -0.05) is 19.3 Å². The van der Waals surface area contributed by atoms with Crippen molar-refractivity contribution in [2.45, 2.75) is 57.6 Å². The predicted molar refractivity (Wildman–Crippen MR) is 63.2 cm³/mol. The van der Waals surface area contributed by atoms with Gasteiger partial charge in [0.1, 0.15) is 12.1 Å². The zero-order valence-corrected chi connectivity index (χ0v) is 10.4. The zero-order valence-electron chi connectivity index (χ0n) is 10.4. The summed E-state index contributed by atoms with van der Waals surface area (Å²) >= 11 is 0. The average Bonchev–Trinajstić information content (AvgIpc) is 2.59. The summed E-state index contributed by atoms with van der Waals surface area (Å²) in [6.45, 7) is 3.04. The number of ether oxygens (including phenoxy) is 1. The fourth-order valence-electron chi connectivity index (χ4n) is 3.00. The van der Waals surface area contributed by atoms with Crippen LogP contribution in [-0.4, -0.2) is 36.6 Å². The molecule has 2 fully saturated rings. The van der Waals surface area contributed by atoms with E-state index in [1.54, 1.807) is 0 Å². The Bertz CT molecular complexity index is 248. The Morgan fingerprint density at radius 1 is 1.31 bits per heavy atom. The molecular weight excluding hydrogens is 202 g/mol. The Labute approximate surface area is 98.1 Å². The molecule has 0 aromatic rings. The van der Waals surface area contributed by atoms with Crippen LogP contribution in [0, 0.1) is 5.92 Å². The first kappa shape index (κ1) is 11.9. The smallest absolute Gasteiger partial charge is 0.323 e. The highest BCUT2D eigenvalue weighted by atomic mass is 16.6. The summed E-state index contributed by atoms with van der Waals surface area (Å²) in [7, 11) is 2.07. The van der Waals surface area contributed by atoms with E-state index >= 15 is 0 Å². The van der Waals surface area contributed by atoms with Crippen LogP contribution in [0.4, 0.5) is 0 Å². The van der Waals surface area contributed by atoms with Crippen molar-refractivity contribution in [1.29, 1.82) is 0 Å². The van der Waals surface area contributed by atoms with Crippen molar-refractivity contribution in [3.8, 4) is 0 Å². The van der Waals surface area contributed by atoms with Gasteiger partial charge in [0.05, 0.1) is 0 Å². The van der Waals surface area contributed by atoms with E-state index in [9.17, 15) is 4.79 Å². The van der Waals surface area contributed by atoms with Gasteiger partial charge in [-0.25, -0.2) is 0 Å². The number of nitrogens with zero attached hydrogens (tertiary/aromatic N) is 1. The lowest BCUT2D eigenvalue weighted by molar-refractivity contribution is -0.144. The summed E-state index contributed by atoms with van der Waals surface area (Å²) in [5.74, 6) is 0.772. The maximum absolute atomic E-state index is 11.6. The fraction of sp³-hybridized carbons (Fsp3) is 0.923. The highest BCUT2D eigenvalue weighted by Gasteiger charge is 2.35. The number of carbonyl (C=O) groups is 1. The summed E-state index contributed by atoms with van der Waals surface area (Å²) in [5, 5.41) is 0. The quantitative estimate of drug-likeness (QED) is 0.690. The lowest BCUT2D eigenvalue weighted by atomic mass is 9.88. The minimum absolute atomic E-state index is 0.0110.